The molecule has 0 spiro atoms. The normalized spacial score (nSPS) is 11.3. The average molecular weight is 278 g/mol. The number of hydrogen-bond donors (Lipinski definition) is 1. The highest BCUT2D eigenvalue weighted by Crippen LogP contribution is 2.27. The first kappa shape index (κ1) is 13.4. The van der Waals surface area contributed by atoms with Gasteiger partial charge < -0.3 is 5.32 Å². The molecule has 2 heterocycles. The van der Waals surface area contributed by atoms with Crippen LogP contribution < -0.4 is 5.32 Å². The van der Waals surface area contributed by atoms with Crippen LogP contribution in [0.2, 0.25) is 0 Å². The molecule has 0 saturated heterocycles. The fourth-order valence-corrected chi connectivity index (χ4v) is 2.44. The molecular formula is C12H14N4O2S. The molecular weight excluding hydrogens is 264 g/mol. The Morgan fingerprint density at radius 1 is 1.42 bits per heavy atom. The second-order valence-corrected chi connectivity index (χ2v) is 5.54. The zero-order valence-electron chi connectivity index (χ0n) is 10.9. The fourth-order valence-electron chi connectivity index (χ4n) is 1.72. The number of rotatable bonds is 4. The van der Waals surface area contributed by atoms with E-state index in [-0.39, 0.29) is 11.2 Å². The Kier molecular flexibility index (Phi) is 3.48. The summed E-state index contributed by atoms with van der Waals surface area (Å²) in [4.78, 5) is 18.8. The van der Waals surface area contributed by atoms with Gasteiger partial charge in [-0.3, -0.25) is 10.1 Å². The minimum atomic E-state index is -0.432. The molecule has 2 aromatic rings. The van der Waals surface area contributed by atoms with Crippen molar-refractivity contribution in [3.05, 3.63) is 44.5 Å². The van der Waals surface area contributed by atoms with Crippen LogP contribution in [-0.2, 0) is 5.54 Å². The van der Waals surface area contributed by atoms with E-state index in [0.29, 0.717) is 11.5 Å². The first-order valence-electron chi connectivity index (χ1n) is 5.70. The van der Waals surface area contributed by atoms with Crippen molar-refractivity contribution in [2.75, 3.05) is 5.32 Å². The Bertz CT molecular complexity index is 596. The average Bonchev–Trinajstić information content (AvgIpc) is 2.81. The summed E-state index contributed by atoms with van der Waals surface area (Å²) in [7, 11) is 0. The van der Waals surface area contributed by atoms with Gasteiger partial charge in [-0.05, 0) is 26.8 Å². The number of aryl methyl sites for hydroxylation is 1. The lowest BCUT2D eigenvalue weighted by molar-refractivity contribution is -0.385. The second-order valence-electron chi connectivity index (χ2n) is 4.65. The van der Waals surface area contributed by atoms with E-state index in [9.17, 15) is 10.1 Å². The molecule has 0 aliphatic rings. The van der Waals surface area contributed by atoms with Crippen LogP contribution in [0.5, 0.6) is 0 Å². The molecule has 0 aliphatic carbocycles. The molecule has 2 rings (SSSR count). The van der Waals surface area contributed by atoms with E-state index in [1.807, 2.05) is 19.2 Å². The Morgan fingerprint density at radius 3 is 2.68 bits per heavy atom. The standard InChI is InChI=1S/C12H14N4O2S/c1-8-9(16(17)18)4-5-10(14-8)15-12(2,3)11-13-6-7-19-11/h4-7H,1-3H3,(H,14,15). The Balaban J connectivity index is 2.25. The summed E-state index contributed by atoms with van der Waals surface area (Å²) in [5, 5.41) is 16.8. The van der Waals surface area contributed by atoms with Gasteiger partial charge in [0, 0.05) is 17.6 Å². The third-order valence-corrected chi connectivity index (χ3v) is 3.76. The van der Waals surface area contributed by atoms with Crippen LogP contribution in [-0.4, -0.2) is 14.9 Å². The van der Waals surface area contributed by atoms with Crippen molar-refractivity contribution in [3.8, 4) is 0 Å². The number of nitrogens with zero attached hydrogens (tertiary/aromatic N) is 3. The topological polar surface area (TPSA) is 81.0 Å². The van der Waals surface area contributed by atoms with Gasteiger partial charge in [0.05, 0.1) is 10.5 Å². The highest BCUT2D eigenvalue weighted by atomic mass is 32.1. The maximum absolute atomic E-state index is 10.7. The van der Waals surface area contributed by atoms with Gasteiger partial charge in [-0.2, -0.15) is 0 Å². The van der Waals surface area contributed by atoms with Gasteiger partial charge in [0.25, 0.3) is 5.69 Å². The van der Waals surface area contributed by atoms with E-state index in [1.165, 1.54) is 6.07 Å². The SMILES string of the molecule is Cc1nc(NC(C)(C)c2nccs2)ccc1[N+](=O)[O-]. The van der Waals surface area contributed by atoms with E-state index < -0.39 is 4.92 Å². The van der Waals surface area contributed by atoms with Crippen LogP contribution in [0, 0.1) is 17.0 Å². The summed E-state index contributed by atoms with van der Waals surface area (Å²) >= 11 is 1.55. The third-order valence-electron chi connectivity index (χ3n) is 2.66. The molecule has 6 nitrogen and oxygen atoms in total. The summed E-state index contributed by atoms with van der Waals surface area (Å²) in [6.45, 7) is 5.61. The van der Waals surface area contributed by atoms with E-state index in [4.69, 9.17) is 0 Å². The highest BCUT2D eigenvalue weighted by molar-refractivity contribution is 7.09. The maximum Gasteiger partial charge on any atom is 0.290 e. The molecule has 100 valence electrons. The molecule has 0 fully saturated rings. The number of nitro groups is 1. The van der Waals surface area contributed by atoms with E-state index in [0.717, 1.165) is 5.01 Å². The molecule has 7 heteroatoms. The number of anilines is 1. The first-order chi connectivity index (χ1) is 8.90. The van der Waals surface area contributed by atoms with Crippen LogP contribution in [0.4, 0.5) is 11.5 Å². The summed E-state index contributed by atoms with van der Waals surface area (Å²) in [6.07, 6.45) is 1.75. The van der Waals surface area contributed by atoms with E-state index in [2.05, 4.69) is 15.3 Å². The van der Waals surface area contributed by atoms with E-state index >= 15 is 0 Å². The quantitative estimate of drug-likeness (QED) is 0.686. The zero-order chi connectivity index (χ0) is 14.0. The van der Waals surface area contributed by atoms with Gasteiger partial charge in [0.15, 0.2) is 0 Å². The van der Waals surface area contributed by atoms with Crippen LogP contribution in [0.1, 0.15) is 24.5 Å². The van der Waals surface area contributed by atoms with Gasteiger partial charge >= 0.3 is 0 Å². The summed E-state index contributed by atoms with van der Waals surface area (Å²) in [6, 6.07) is 3.07. The lowest BCUT2D eigenvalue weighted by Crippen LogP contribution is -2.28. The smallest absolute Gasteiger partial charge is 0.290 e. The number of hydrogen-bond acceptors (Lipinski definition) is 6. The highest BCUT2D eigenvalue weighted by Gasteiger charge is 2.24. The molecule has 0 bridgehead atoms. The summed E-state index contributed by atoms with van der Waals surface area (Å²) in [5.41, 5.74) is 0.0477. The number of nitrogens with one attached hydrogen (secondary N) is 1. The molecule has 0 atom stereocenters. The van der Waals surface area contributed by atoms with Gasteiger partial charge in [-0.25, -0.2) is 9.97 Å². The van der Waals surface area contributed by atoms with Crippen molar-refractivity contribution >= 4 is 22.8 Å². The molecule has 0 amide bonds. The van der Waals surface area contributed by atoms with Crippen LogP contribution in [0.25, 0.3) is 0 Å². The third kappa shape index (κ3) is 2.87. The Hall–Kier alpha value is -2.02. The monoisotopic (exact) mass is 278 g/mol. The largest absolute Gasteiger partial charge is 0.359 e. The predicted octanol–water partition coefficient (Wildman–Crippen LogP) is 3.10. The number of pyridine rings is 1. The van der Waals surface area contributed by atoms with Crippen LogP contribution in [0.3, 0.4) is 0 Å². The molecule has 0 unspecified atom stereocenters. The minimum absolute atomic E-state index is 0.0256. The lowest BCUT2D eigenvalue weighted by atomic mass is 10.1. The van der Waals surface area contributed by atoms with Crippen LogP contribution >= 0.6 is 11.3 Å². The first-order valence-corrected chi connectivity index (χ1v) is 6.58. The summed E-state index contributed by atoms with van der Waals surface area (Å²) < 4.78 is 0. The zero-order valence-corrected chi connectivity index (χ0v) is 11.7. The molecule has 0 radical (unpaired) electrons. The van der Waals surface area contributed by atoms with Crippen molar-refractivity contribution in [1.82, 2.24) is 9.97 Å². The Labute approximate surface area is 114 Å². The van der Waals surface area contributed by atoms with Gasteiger partial charge in [0.1, 0.15) is 16.5 Å². The minimum Gasteiger partial charge on any atom is -0.359 e. The molecule has 0 aliphatic heterocycles. The van der Waals surface area contributed by atoms with Gasteiger partial charge in [0.2, 0.25) is 0 Å². The van der Waals surface area contributed by atoms with Gasteiger partial charge in [-0.1, -0.05) is 0 Å². The van der Waals surface area contributed by atoms with Crippen molar-refractivity contribution < 1.29 is 4.92 Å². The molecule has 0 saturated carbocycles. The van der Waals surface area contributed by atoms with Crippen molar-refractivity contribution in [3.63, 3.8) is 0 Å². The fraction of sp³-hybridized carbons (Fsp3) is 0.333. The van der Waals surface area contributed by atoms with E-state index in [1.54, 1.807) is 30.5 Å². The summed E-state index contributed by atoms with van der Waals surface area (Å²) in [5.74, 6) is 0.600. The van der Waals surface area contributed by atoms with Crippen molar-refractivity contribution in [2.45, 2.75) is 26.3 Å². The number of thiazole rings is 1. The second kappa shape index (κ2) is 4.93. The van der Waals surface area contributed by atoms with Crippen molar-refractivity contribution in [1.29, 1.82) is 0 Å². The Morgan fingerprint density at radius 2 is 2.16 bits per heavy atom. The number of aromatic nitrogens is 2. The van der Waals surface area contributed by atoms with Crippen molar-refractivity contribution in [2.24, 2.45) is 0 Å². The maximum atomic E-state index is 10.7. The van der Waals surface area contributed by atoms with Crippen LogP contribution in [0.15, 0.2) is 23.7 Å². The van der Waals surface area contributed by atoms with Gasteiger partial charge in [-0.15, -0.1) is 11.3 Å². The lowest BCUT2D eigenvalue weighted by Gasteiger charge is -2.24. The predicted molar refractivity (Wildman–Crippen MR) is 74.4 cm³/mol. The molecule has 1 N–H and O–H groups in total. The molecule has 0 aromatic carbocycles. The molecule has 2 aromatic heterocycles. The molecule has 19 heavy (non-hydrogen) atoms.